The van der Waals surface area contributed by atoms with Crippen molar-refractivity contribution in [2.75, 3.05) is 4.90 Å². The summed E-state index contributed by atoms with van der Waals surface area (Å²) < 4.78 is 2.47. The van der Waals surface area contributed by atoms with Crippen molar-refractivity contribution in [3.8, 4) is 33.4 Å². The van der Waals surface area contributed by atoms with Gasteiger partial charge >= 0.3 is 0 Å². The van der Waals surface area contributed by atoms with Gasteiger partial charge in [0, 0.05) is 32.9 Å². The van der Waals surface area contributed by atoms with Crippen LogP contribution in [0.3, 0.4) is 0 Å². The normalized spacial score (nSPS) is 13.2. The second-order valence-corrected chi connectivity index (χ2v) is 15.7. The highest BCUT2D eigenvalue weighted by Gasteiger charge is 2.52. The van der Waals surface area contributed by atoms with Crippen LogP contribution in [-0.2, 0) is 5.41 Å². The summed E-state index contributed by atoms with van der Waals surface area (Å²) in [5.41, 5.74) is 14.6. The van der Waals surface area contributed by atoms with E-state index >= 15 is 0 Å². The highest BCUT2D eigenvalue weighted by molar-refractivity contribution is 7.26. The molecule has 0 saturated heterocycles. The van der Waals surface area contributed by atoms with Crippen LogP contribution in [0.15, 0.2) is 194 Å². The maximum atomic E-state index is 5.29. The van der Waals surface area contributed by atoms with Gasteiger partial charge in [-0.25, -0.2) is 4.98 Å². The summed E-state index contributed by atoms with van der Waals surface area (Å²) in [6.07, 6.45) is 2.08. The van der Waals surface area contributed by atoms with Crippen LogP contribution in [0, 0.1) is 0 Å². The SMILES string of the molecule is c1ccc(-c2ccc(N(c3cc4c(cn3)sc3ccc5ccccc5c34)c3cccc4c3-c3ccccc3C43c4ccccc4-c4ccccc43)cc2)cc1. The van der Waals surface area contributed by atoms with Crippen LogP contribution in [0.1, 0.15) is 22.3 Å². The predicted molar refractivity (Wildman–Crippen MR) is 231 cm³/mol. The number of benzene rings is 8. The molecule has 0 amide bonds. The fraction of sp³-hybridized carbons (Fsp3) is 0.0192. The lowest BCUT2D eigenvalue weighted by Crippen LogP contribution is -2.26. The first-order chi connectivity index (χ1) is 27.3. The van der Waals surface area contributed by atoms with Crippen molar-refractivity contribution < 1.29 is 0 Å². The van der Waals surface area contributed by atoms with Gasteiger partial charge in [0.25, 0.3) is 0 Å². The fourth-order valence-corrected chi connectivity index (χ4v) is 10.8. The highest BCUT2D eigenvalue weighted by Crippen LogP contribution is 2.64. The largest absolute Gasteiger partial charge is 0.294 e. The minimum Gasteiger partial charge on any atom is -0.294 e. The molecule has 0 N–H and O–H groups in total. The molecule has 0 radical (unpaired) electrons. The molecule has 0 unspecified atom stereocenters. The van der Waals surface area contributed by atoms with Gasteiger partial charge in [-0.2, -0.15) is 0 Å². The topological polar surface area (TPSA) is 16.1 Å². The third-order valence-electron chi connectivity index (χ3n) is 11.9. The Morgan fingerprint density at radius 3 is 1.84 bits per heavy atom. The molecule has 3 heteroatoms. The highest BCUT2D eigenvalue weighted by atomic mass is 32.1. The first kappa shape index (κ1) is 30.6. The number of fused-ring (bicyclic) bond motifs is 15. The third kappa shape index (κ3) is 4.22. The molecule has 12 rings (SSSR count). The molecule has 0 atom stereocenters. The van der Waals surface area contributed by atoms with Gasteiger partial charge < -0.3 is 0 Å². The van der Waals surface area contributed by atoms with Crippen LogP contribution in [-0.4, -0.2) is 4.98 Å². The van der Waals surface area contributed by atoms with Gasteiger partial charge in [-0.3, -0.25) is 4.90 Å². The summed E-state index contributed by atoms with van der Waals surface area (Å²) in [7, 11) is 0. The molecule has 1 spiro atoms. The van der Waals surface area contributed by atoms with Crippen molar-refractivity contribution in [1.82, 2.24) is 4.98 Å². The standard InChI is InChI=1S/C52H32N2S/c1-2-13-33(14-3-1)34-25-28-36(29-26-34)54(49-31-41-48(32-53-49)55-47-30-27-35-15-4-5-16-37(35)50(41)47)46-24-12-23-45-51(46)40-19-8-11-22-44(40)52(45)42-20-9-6-17-38(42)39-18-7-10-21-43(39)52/h1-32H. The van der Waals surface area contributed by atoms with Crippen LogP contribution in [0.25, 0.3) is 64.3 Å². The van der Waals surface area contributed by atoms with E-state index in [0.717, 1.165) is 17.2 Å². The number of hydrogen-bond donors (Lipinski definition) is 0. The summed E-state index contributed by atoms with van der Waals surface area (Å²) in [6, 6.07) is 69.2. The van der Waals surface area contributed by atoms with E-state index in [0.29, 0.717) is 0 Å². The van der Waals surface area contributed by atoms with Crippen molar-refractivity contribution in [2.45, 2.75) is 5.41 Å². The molecule has 10 aromatic rings. The number of hydrogen-bond acceptors (Lipinski definition) is 3. The quantitative estimate of drug-likeness (QED) is 0.180. The Balaban J connectivity index is 1.15. The van der Waals surface area contributed by atoms with E-state index in [2.05, 4.69) is 199 Å². The first-order valence-electron chi connectivity index (χ1n) is 18.9. The molecule has 2 aromatic heterocycles. The van der Waals surface area contributed by atoms with E-state index in [4.69, 9.17) is 4.98 Å². The maximum absolute atomic E-state index is 5.29. The maximum Gasteiger partial charge on any atom is 0.138 e. The second kappa shape index (κ2) is 11.6. The molecular weight excluding hydrogens is 685 g/mol. The molecule has 0 aliphatic heterocycles. The second-order valence-electron chi connectivity index (χ2n) is 14.6. The molecule has 0 fully saturated rings. The molecule has 0 bridgehead atoms. The lowest BCUT2D eigenvalue weighted by Gasteiger charge is -2.31. The monoisotopic (exact) mass is 716 g/mol. The minimum atomic E-state index is -0.433. The van der Waals surface area contributed by atoms with Crippen LogP contribution in [0.2, 0.25) is 0 Å². The summed E-state index contributed by atoms with van der Waals surface area (Å²) in [5, 5.41) is 5.05. The van der Waals surface area contributed by atoms with E-state index in [1.807, 2.05) is 11.3 Å². The van der Waals surface area contributed by atoms with Gasteiger partial charge in [0.2, 0.25) is 0 Å². The Kier molecular flexibility index (Phi) is 6.46. The number of pyridine rings is 1. The average molecular weight is 717 g/mol. The van der Waals surface area contributed by atoms with Gasteiger partial charge in [-0.15, -0.1) is 11.3 Å². The molecule has 2 nitrogen and oxygen atoms in total. The Morgan fingerprint density at radius 1 is 0.455 bits per heavy atom. The lowest BCUT2D eigenvalue weighted by molar-refractivity contribution is 0.793. The van der Waals surface area contributed by atoms with Gasteiger partial charge in [-0.1, -0.05) is 158 Å². The summed E-state index contributed by atoms with van der Waals surface area (Å²) >= 11 is 1.82. The van der Waals surface area contributed by atoms with Crippen molar-refractivity contribution >= 4 is 59.5 Å². The number of thiophene rings is 1. The summed E-state index contributed by atoms with van der Waals surface area (Å²) in [5.74, 6) is 0.895. The van der Waals surface area contributed by atoms with E-state index in [-0.39, 0.29) is 0 Å². The van der Waals surface area contributed by atoms with Gasteiger partial charge in [0.05, 0.1) is 15.8 Å². The summed E-state index contributed by atoms with van der Waals surface area (Å²) in [6.45, 7) is 0. The Bertz CT molecular complexity index is 3110. The molecule has 2 heterocycles. The fourth-order valence-electron chi connectivity index (χ4n) is 9.70. The van der Waals surface area contributed by atoms with Crippen LogP contribution < -0.4 is 4.90 Å². The molecule has 256 valence electrons. The smallest absolute Gasteiger partial charge is 0.138 e. The van der Waals surface area contributed by atoms with Gasteiger partial charge in [0.1, 0.15) is 5.82 Å². The van der Waals surface area contributed by atoms with Gasteiger partial charge in [-0.05, 0) is 91.2 Å². The third-order valence-corrected chi connectivity index (χ3v) is 13.0. The Morgan fingerprint density at radius 2 is 1.07 bits per heavy atom. The zero-order chi connectivity index (χ0) is 36.1. The molecular formula is C52H32N2S. The number of aromatic nitrogens is 1. The van der Waals surface area contributed by atoms with Crippen LogP contribution >= 0.6 is 11.3 Å². The molecule has 0 saturated carbocycles. The van der Waals surface area contributed by atoms with Crippen LogP contribution in [0.5, 0.6) is 0 Å². The van der Waals surface area contributed by atoms with Gasteiger partial charge in [0.15, 0.2) is 0 Å². The molecule has 2 aliphatic rings. The van der Waals surface area contributed by atoms with E-state index < -0.39 is 5.41 Å². The minimum absolute atomic E-state index is 0.433. The number of rotatable bonds is 4. The predicted octanol–water partition coefficient (Wildman–Crippen LogP) is 14.1. The lowest BCUT2D eigenvalue weighted by atomic mass is 9.70. The van der Waals surface area contributed by atoms with Crippen molar-refractivity contribution in [3.05, 3.63) is 217 Å². The summed E-state index contributed by atoms with van der Waals surface area (Å²) in [4.78, 5) is 7.69. The first-order valence-corrected chi connectivity index (χ1v) is 19.7. The number of anilines is 3. The van der Waals surface area contributed by atoms with Crippen LogP contribution in [0.4, 0.5) is 17.2 Å². The Labute approximate surface area is 323 Å². The zero-order valence-electron chi connectivity index (χ0n) is 29.8. The van der Waals surface area contributed by atoms with Crippen molar-refractivity contribution in [1.29, 1.82) is 0 Å². The van der Waals surface area contributed by atoms with Crippen molar-refractivity contribution in [2.24, 2.45) is 0 Å². The molecule has 8 aromatic carbocycles. The molecule has 2 aliphatic carbocycles. The zero-order valence-corrected chi connectivity index (χ0v) is 30.6. The molecule has 55 heavy (non-hydrogen) atoms. The van der Waals surface area contributed by atoms with E-state index in [1.165, 1.54) is 86.6 Å². The Hall–Kier alpha value is -6.81. The average Bonchev–Trinajstić information content (AvgIpc) is 3.89. The van der Waals surface area contributed by atoms with E-state index in [9.17, 15) is 0 Å². The number of nitrogens with zero attached hydrogens (tertiary/aromatic N) is 2. The van der Waals surface area contributed by atoms with E-state index in [1.54, 1.807) is 0 Å². The van der Waals surface area contributed by atoms with Crippen molar-refractivity contribution in [3.63, 3.8) is 0 Å².